The summed E-state index contributed by atoms with van der Waals surface area (Å²) in [6, 6.07) is 13.4. The fourth-order valence-electron chi connectivity index (χ4n) is 3.57. The summed E-state index contributed by atoms with van der Waals surface area (Å²) >= 11 is 1.34. The van der Waals surface area contributed by atoms with Gasteiger partial charge in [-0.1, -0.05) is 18.2 Å². The molecule has 1 amide bonds. The number of hydrazine groups is 1. The maximum absolute atomic E-state index is 12.5. The van der Waals surface area contributed by atoms with Crippen LogP contribution in [0.25, 0.3) is 0 Å². The predicted molar refractivity (Wildman–Crippen MR) is 114 cm³/mol. The van der Waals surface area contributed by atoms with Gasteiger partial charge in [0.2, 0.25) is 6.79 Å². The van der Waals surface area contributed by atoms with Crippen LogP contribution < -0.4 is 30.4 Å². The highest BCUT2D eigenvalue weighted by molar-refractivity contribution is 8.18. The second-order valence-electron chi connectivity index (χ2n) is 6.98. The van der Waals surface area contributed by atoms with Gasteiger partial charge < -0.3 is 19.5 Å². The minimum absolute atomic E-state index is 0.0617. The van der Waals surface area contributed by atoms with E-state index in [1.807, 2.05) is 42.5 Å². The maximum Gasteiger partial charge on any atom is 0.263 e. The topological polar surface area (TPSA) is 93.2 Å². The second kappa shape index (κ2) is 8.02. The van der Waals surface area contributed by atoms with Gasteiger partial charge in [0.1, 0.15) is 5.75 Å². The number of fused-ring (bicyclic) bond motifs is 1. The molecular weight excluding hydrogens is 404 g/mol. The number of nitrogens with zero attached hydrogens (tertiary/aromatic N) is 1. The first-order valence-corrected chi connectivity index (χ1v) is 10.3. The van der Waals surface area contributed by atoms with Crippen LogP contribution in [-0.4, -0.2) is 31.5 Å². The van der Waals surface area contributed by atoms with Crippen LogP contribution in [0.1, 0.15) is 11.6 Å². The van der Waals surface area contributed by atoms with Gasteiger partial charge in [0.05, 0.1) is 23.7 Å². The molecule has 3 N–H and O–H groups in total. The molecule has 9 heteroatoms. The molecular formula is C21H20N4O4S. The van der Waals surface area contributed by atoms with Crippen molar-refractivity contribution >= 4 is 28.5 Å². The predicted octanol–water partition coefficient (Wildman–Crippen LogP) is 2.62. The quantitative estimate of drug-likeness (QED) is 0.650. The average Bonchev–Trinajstić information content (AvgIpc) is 3.49. The Hall–Kier alpha value is -3.01. The zero-order chi connectivity index (χ0) is 20.5. The number of nitrogens with one attached hydrogen (secondary N) is 3. The summed E-state index contributed by atoms with van der Waals surface area (Å²) in [6.07, 6.45) is 2.00. The normalized spacial score (nSPS) is 25.2. The molecule has 2 unspecified atom stereocenters. The zero-order valence-electron chi connectivity index (χ0n) is 16.2. The van der Waals surface area contributed by atoms with E-state index in [1.165, 1.54) is 11.8 Å². The van der Waals surface area contributed by atoms with Crippen LogP contribution in [0.15, 0.2) is 58.4 Å². The Bertz CT molecular complexity index is 1040. The molecule has 0 aliphatic carbocycles. The van der Waals surface area contributed by atoms with E-state index < -0.39 is 0 Å². The highest BCUT2D eigenvalue weighted by Gasteiger charge is 2.31. The molecule has 2 fully saturated rings. The van der Waals surface area contributed by atoms with E-state index in [4.69, 9.17) is 14.2 Å². The fourth-order valence-corrected chi connectivity index (χ4v) is 4.46. The molecule has 0 radical (unpaired) electrons. The summed E-state index contributed by atoms with van der Waals surface area (Å²) in [5.41, 5.74) is 8.31. The van der Waals surface area contributed by atoms with Crippen LogP contribution in [0.3, 0.4) is 0 Å². The Morgan fingerprint density at radius 3 is 2.83 bits per heavy atom. The third-order valence-corrected chi connectivity index (χ3v) is 6.03. The SMILES string of the molecule is COc1ccc(C2NNCC2/C=C2\SC(=Nc3ccc4c(c3)OCO4)NC2=O)cc1. The lowest BCUT2D eigenvalue weighted by Gasteiger charge is -2.16. The summed E-state index contributed by atoms with van der Waals surface area (Å²) in [6.45, 7) is 0.940. The van der Waals surface area contributed by atoms with Gasteiger partial charge in [-0.2, -0.15) is 0 Å². The van der Waals surface area contributed by atoms with Gasteiger partial charge >= 0.3 is 0 Å². The molecule has 0 saturated carbocycles. The Labute approximate surface area is 177 Å². The van der Waals surface area contributed by atoms with E-state index in [0.717, 1.165) is 17.9 Å². The molecule has 3 heterocycles. The van der Waals surface area contributed by atoms with Crippen molar-refractivity contribution in [3.8, 4) is 17.2 Å². The number of ether oxygens (including phenoxy) is 3. The van der Waals surface area contributed by atoms with Crippen molar-refractivity contribution in [3.05, 3.63) is 59.0 Å². The standard InChI is InChI=1S/C21H20N4O4S/c1-27-15-5-2-12(3-6-15)19-13(10-22-25-19)8-18-20(26)24-21(30-18)23-14-4-7-16-17(9-14)29-11-28-16/h2-9,13,19,22,25H,10-11H2,1H3,(H,23,24,26)/b18-8-. The molecule has 2 aromatic rings. The molecule has 3 aliphatic rings. The van der Waals surface area contributed by atoms with Crippen LogP contribution in [0.5, 0.6) is 17.2 Å². The van der Waals surface area contributed by atoms with E-state index in [9.17, 15) is 4.79 Å². The van der Waals surface area contributed by atoms with Crippen LogP contribution >= 0.6 is 11.8 Å². The largest absolute Gasteiger partial charge is 0.497 e. The summed E-state index contributed by atoms with van der Waals surface area (Å²) in [5.74, 6) is 2.16. The minimum atomic E-state index is -0.139. The number of thioether (sulfide) groups is 1. The van der Waals surface area contributed by atoms with E-state index in [-0.39, 0.29) is 24.7 Å². The number of amides is 1. The maximum atomic E-state index is 12.5. The lowest BCUT2D eigenvalue weighted by Crippen LogP contribution is -2.24. The number of rotatable bonds is 4. The average molecular weight is 424 g/mol. The van der Waals surface area contributed by atoms with E-state index in [1.54, 1.807) is 13.2 Å². The van der Waals surface area contributed by atoms with Crippen molar-refractivity contribution in [2.24, 2.45) is 10.9 Å². The molecule has 30 heavy (non-hydrogen) atoms. The molecule has 2 atom stereocenters. The van der Waals surface area contributed by atoms with Crippen molar-refractivity contribution in [3.63, 3.8) is 0 Å². The van der Waals surface area contributed by atoms with E-state index in [0.29, 0.717) is 27.3 Å². The summed E-state index contributed by atoms with van der Waals surface area (Å²) in [7, 11) is 1.65. The first kappa shape index (κ1) is 19.0. The minimum Gasteiger partial charge on any atom is -0.497 e. The van der Waals surface area contributed by atoms with Crippen LogP contribution in [-0.2, 0) is 4.79 Å². The van der Waals surface area contributed by atoms with Gasteiger partial charge in [0.25, 0.3) is 5.91 Å². The number of hydrogen-bond acceptors (Lipinski definition) is 8. The summed E-state index contributed by atoms with van der Waals surface area (Å²) in [4.78, 5) is 17.7. The van der Waals surface area contributed by atoms with Crippen LogP contribution in [0, 0.1) is 5.92 Å². The third-order valence-electron chi connectivity index (χ3n) is 5.10. The Morgan fingerprint density at radius 1 is 1.17 bits per heavy atom. The molecule has 2 saturated heterocycles. The smallest absolute Gasteiger partial charge is 0.263 e. The van der Waals surface area contributed by atoms with E-state index >= 15 is 0 Å². The first-order valence-electron chi connectivity index (χ1n) is 9.51. The van der Waals surface area contributed by atoms with Gasteiger partial charge in [-0.25, -0.2) is 10.4 Å². The Morgan fingerprint density at radius 2 is 2.00 bits per heavy atom. The van der Waals surface area contributed by atoms with Crippen LogP contribution in [0.4, 0.5) is 5.69 Å². The lowest BCUT2D eigenvalue weighted by molar-refractivity contribution is -0.115. The molecule has 8 nitrogen and oxygen atoms in total. The number of carbonyl (C=O) groups is 1. The number of amidine groups is 1. The zero-order valence-corrected chi connectivity index (χ0v) is 17.0. The van der Waals surface area contributed by atoms with Gasteiger partial charge in [-0.15, -0.1) is 0 Å². The molecule has 3 aliphatic heterocycles. The van der Waals surface area contributed by atoms with Crippen molar-refractivity contribution in [2.75, 3.05) is 20.4 Å². The lowest BCUT2D eigenvalue weighted by atomic mass is 9.94. The molecule has 0 spiro atoms. The molecule has 5 rings (SSSR count). The monoisotopic (exact) mass is 424 g/mol. The molecule has 0 aromatic heterocycles. The van der Waals surface area contributed by atoms with Gasteiger partial charge in [-0.3, -0.25) is 10.2 Å². The Kier molecular flexibility index (Phi) is 5.07. The fraction of sp³-hybridized carbons (Fsp3) is 0.238. The van der Waals surface area contributed by atoms with E-state index in [2.05, 4.69) is 21.2 Å². The second-order valence-corrected chi connectivity index (χ2v) is 8.01. The molecule has 154 valence electrons. The number of carbonyl (C=O) groups excluding carboxylic acids is 1. The molecule has 0 bridgehead atoms. The van der Waals surface area contributed by atoms with Crippen molar-refractivity contribution in [1.29, 1.82) is 0 Å². The number of benzene rings is 2. The summed E-state index contributed by atoms with van der Waals surface area (Å²) in [5, 5.41) is 3.39. The highest BCUT2D eigenvalue weighted by atomic mass is 32.2. The number of methoxy groups -OCH3 is 1. The third kappa shape index (κ3) is 3.74. The van der Waals surface area contributed by atoms with Crippen molar-refractivity contribution < 1.29 is 19.0 Å². The van der Waals surface area contributed by atoms with Gasteiger partial charge in [0, 0.05) is 18.5 Å². The molecule has 2 aromatic carbocycles. The highest BCUT2D eigenvalue weighted by Crippen LogP contribution is 2.37. The van der Waals surface area contributed by atoms with Gasteiger partial charge in [-0.05, 0) is 41.6 Å². The Balaban J connectivity index is 1.33. The number of hydrogen-bond donors (Lipinski definition) is 3. The first-order chi connectivity index (χ1) is 14.7. The van der Waals surface area contributed by atoms with Crippen molar-refractivity contribution in [2.45, 2.75) is 6.04 Å². The summed E-state index contributed by atoms with van der Waals surface area (Å²) < 4.78 is 15.9. The number of aliphatic imine (C=N–C) groups is 1. The van der Waals surface area contributed by atoms with Crippen LogP contribution in [0.2, 0.25) is 0 Å². The van der Waals surface area contributed by atoms with Crippen molar-refractivity contribution in [1.82, 2.24) is 16.2 Å². The van der Waals surface area contributed by atoms with Gasteiger partial charge in [0.15, 0.2) is 16.7 Å².